The molecule has 4 rings (SSSR count). The summed E-state index contributed by atoms with van der Waals surface area (Å²) in [6.07, 6.45) is 0. The summed E-state index contributed by atoms with van der Waals surface area (Å²) in [5, 5.41) is 0. The predicted molar refractivity (Wildman–Crippen MR) is 112 cm³/mol. The van der Waals surface area contributed by atoms with Gasteiger partial charge in [-0.3, -0.25) is 20.4 Å². The molecule has 7 nitrogen and oxygen atoms in total. The molecule has 8 heteroatoms. The molecule has 30 heavy (non-hydrogen) atoms. The Kier molecular flexibility index (Phi) is 5.85. The highest BCUT2D eigenvalue weighted by Gasteiger charge is 2.18. The fourth-order valence-electron chi connectivity index (χ4n) is 2.84. The molecule has 0 radical (unpaired) electrons. The van der Waals surface area contributed by atoms with E-state index in [-0.39, 0.29) is 13.4 Å². The van der Waals surface area contributed by atoms with E-state index in [0.717, 1.165) is 10.0 Å². The quantitative estimate of drug-likeness (QED) is 0.555. The number of rotatable bonds is 5. The number of fused-ring (bicyclic) bond motifs is 1. The molecule has 3 aromatic rings. The van der Waals surface area contributed by atoms with Crippen LogP contribution in [0.1, 0.15) is 26.3 Å². The number of hydrazine groups is 1. The number of benzene rings is 3. The largest absolute Gasteiger partial charge is 0.488 e. The second kappa shape index (κ2) is 8.87. The van der Waals surface area contributed by atoms with E-state index >= 15 is 0 Å². The minimum Gasteiger partial charge on any atom is -0.488 e. The van der Waals surface area contributed by atoms with Crippen LogP contribution in [0.5, 0.6) is 17.2 Å². The maximum absolute atomic E-state index is 12.6. The lowest BCUT2D eigenvalue weighted by molar-refractivity contribution is 0.0844. The molecule has 0 unspecified atom stereocenters. The molecule has 2 amide bonds. The molecule has 0 saturated carbocycles. The van der Waals surface area contributed by atoms with E-state index in [1.165, 1.54) is 0 Å². The summed E-state index contributed by atoms with van der Waals surface area (Å²) in [7, 11) is 0. The van der Waals surface area contributed by atoms with Crippen molar-refractivity contribution >= 4 is 27.7 Å². The van der Waals surface area contributed by atoms with Crippen LogP contribution in [0.25, 0.3) is 0 Å². The average Bonchev–Trinajstić information content (AvgIpc) is 3.25. The molecule has 3 aromatic carbocycles. The van der Waals surface area contributed by atoms with Gasteiger partial charge in [0.05, 0.1) is 5.56 Å². The summed E-state index contributed by atoms with van der Waals surface area (Å²) in [5.41, 5.74) is 6.40. The number of carbonyl (C=O) groups excluding carboxylic acids is 2. The van der Waals surface area contributed by atoms with E-state index in [0.29, 0.717) is 28.4 Å². The van der Waals surface area contributed by atoms with Crippen LogP contribution in [0.4, 0.5) is 0 Å². The van der Waals surface area contributed by atoms with Crippen LogP contribution >= 0.6 is 15.9 Å². The van der Waals surface area contributed by atoms with Gasteiger partial charge in [-0.05, 0) is 36.4 Å². The number of amides is 2. The smallest absolute Gasteiger partial charge is 0.273 e. The Labute approximate surface area is 181 Å². The van der Waals surface area contributed by atoms with Crippen LogP contribution in [-0.2, 0) is 6.61 Å². The maximum atomic E-state index is 12.6. The monoisotopic (exact) mass is 468 g/mol. The Bertz CT molecular complexity index is 1100. The molecule has 0 fully saturated rings. The Morgan fingerprint density at radius 2 is 1.63 bits per heavy atom. The third-order valence-corrected chi connectivity index (χ3v) is 5.17. The van der Waals surface area contributed by atoms with E-state index in [4.69, 9.17) is 14.2 Å². The van der Waals surface area contributed by atoms with Gasteiger partial charge >= 0.3 is 0 Å². The highest BCUT2D eigenvalue weighted by molar-refractivity contribution is 9.10. The van der Waals surface area contributed by atoms with Gasteiger partial charge in [0.25, 0.3) is 11.8 Å². The van der Waals surface area contributed by atoms with Gasteiger partial charge in [-0.15, -0.1) is 0 Å². The average molecular weight is 469 g/mol. The van der Waals surface area contributed by atoms with Gasteiger partial charge in [-0.1, -0.05) is 46.3 Å². The molecular formula is C22H17BrN2O5. The summed E-state index contributed by atoms with van der Waals surface area (Å²) < 4.78 is 17.2. The van der Waals surface area contributed by atoms with Gasteiger partial charge in [0.2, 0.25) is 6.79 Å². The highest BCUT2D eigenvalue weighted by Crippen LogP contribution is 2.32. The van der Waals surface area contributed by atoms with Gasteiger partial charge in [0, 0.05) is 15.6 Å². The highest BCUT2D eigenvalue weighted by atomic mass is 79.9. The molecule has 0 saturated heterocycles. The lowest BCUT2D eigenvalue weighted by Crippen LogP contribution is -2.41. The summed E-state index contributed by atoms with van der Waals surface area (Å²) in [5.74, 6) is 0.495. The van der Waals surface area contributed by atoms with Crippen molar-refractivity contribution in [3.63, 3.8) is 0 Å². The number of hydrogen-bond donors (Lipinski definition) is 2. The second-order valence-electron chi connectivity index (χ2n) is 6.35. The molecule has 152 valence electrons. The molecule has 0 spiro atoms. The van der Waals surface area contributed by atoms with Gasteiger partial charge in [0.15, 0.2) is 11.5 Å². The van der Waals surface area contributed by atoms with Crippen molar-refractivity contribution < 1.29 is 23.8 Å². The second-order valence-corrected chi connectivity index (χ2v) is 7.21. The van der Waals surface area contributed by atoms with Crippen molar-refractivity contribution in [3.05, 3.63) is 87.9 Å². The molecule has 1 aliphatic heterocycles. The fraction of sp³-hybridized carbons (Fsp3) is 0.0909. The van der Waals surface area contributed by atoms with Crippen molar-refractivity contribution in [1.82, 2.24) is 10.9 Å². The van der Waals surface area contributed by atoms with Crippen LogP contribution in [0.3, 0.4) is 0 Å². The predicted octanol–water partition coefficient (Wildman–Crippen LogP) is 3.83. The first-order valence-electron chi connectivity index (χ1n) is 9.07. The third-order valence-electron chi connectivity index (χ3n) is 4.40. The summed E-state index contributed by atoms with van der Waals surface area (Å²) >= 11 is 3.48. The normalized spacial score (nSPS) is 11.6. The summed E-state index contributed by atoms with van der Waals surface area (Å²) in [6, 6.07) is 19.3. The number of nitrogens with one attached hydrogen (secondary N) is 2. The number of ether oxygens (including phenoxy) is 3. The molecule has 2 N–H and O–H groups in total. The van der Waals surface area contributed by atoms with Crippen LogP contribution in [0.2, 0.25) is 0 Å². The van der Waals surface area contributed by atoms with Crippen molar-refractivity contribution in [3.8, 4) is 17.2 Å². The molecule has 0 aromatic heterocycles. The molecule has 0 aliphatic carbocycles. The first-order valence-corrected chi connectivity index (χ1v) is 9.86. The molecule has 1 heterocycles. The van der Waals surface area contributed by atoms with Gasteiger partial charge < -0.3 is 14.2 Å². The van der Waals surface area contributed by atoms with E-state index in [2.05, 4.69) is 26.8 Å². The van der Waals surface area contributed by atoms with Crippen molar-refractivity contribution in [2.45, 2.75) is 6.61 Å². The van der Waals surface area contributed by atoms with E-state index in [1.807, 2.05) is 24.3 Å². The first-order chi connectivity index (χ1) is 14.6. The number of halogens is 1. The van der Waals surface area contributed by atoms with Crippen LogP contribution < -0.4 is 25.1 Å². The maximum Gasteiger partial charge on any atom is 0.273 e. The van der Waals surface area contributed by atoms with E-state index in [9.17, 15) is 9.59 Å². The van der Waals surface area contributed by atoms with Gasteiger partial charge in [-0.2, -0.15) is 0 Å². The summed E-state index contributed by atoms with van der Waals surface area (Å²) in [6.45, 7) is 0.406. The first kappa shape index (κ1) is 19.8. The third kappa shape index (κ3) is 4.38. The Hall–Kier alpha value is -3.52. The van der Waals surface area contributed by atoms with Crippen LogP contribution in [0.15, 0.2) is 71.2 Å². The molecule has 0 atom stereocenters. The zero-order chi connectivity index (χ0) is 20.9. The minimum absolute atomic E-state index is 0.119. The minimum atomic E-state index is -0.494. The van der Waals surface area contributed by atoms with Crippen molar-refractivity contribution in [2.24, 2.45) is 0 Å². The zero-order valence-corrected chi connectivity index (χ0v) is 17.3. The lowest BCUT2D eigenvalue weighted by atomic mass is 10.2. The fourth-order valence-corrected chi connectivity index (χ4v) is 3.24. The van der Waals surface area contributed by atoms with Gasteiger partial charge in [-0.25, -0.2) is 0 Å². The number of carbonyl (C=O) groups is 2. The van der Waals surface area contributed by atoms with Crippen molar-refractivity contribution in [1.29, 1.82) is 0 Å². The number of hydrogen-bond acceptors (Lipinski definition) is 5. The SMILES string of the molecule is O=C(NNC(=O)c1ccccc1OCc1ccccc1Br)c1ccc2c(c1)OCO2. The molecular weight excluding hydrogens is 452 g/mol. The Balaban J connectivity index is 1.40. The van der Waals surface area contributed by atoms with E-state index in [1.54, 1.807) is 42.5 Å². The zero-order valence-electron chi connectivity index (χ0n) is 15.7. The summed E-state index contributed by atoms with van der Waals surface area (Å²) in [4.78, 5) is 25.0. The molecule has 0 bridgehead atoms. The topological polar surface area (TPSA) is 85.9 Å². The standard InChI is InChI=1S/C22H17BrN2O5/c23-17-7-3-1-5-15(17)12-28-18-8-4-2-6-16(18)22(27)25-24-21(26)14-9-10-19-20(11-14)30-13-29-19/h1-11H,12-13H2,(H,24,26)(H,25,27). The number of para-hydroxylation sites is 1. The van der Waals surface area contributed by atoms with Crippen LogP contribution in [0, 0.1) is 0 Å². The Morgan fingerprint density at radius 1 is 0.900 bits per heavy atom. The van der Waals surface area contributed by atoms with Crippen LogP contribution in [-0.4, -0.2) is 18.6 Å². The Morgan fingerprint density at radius 3 is 2.50 bits per heavy atom. The van der Waals surface area contributed by atoms with Gasteiger partial charge in [0.1, 0.15) is 12.4 Å². The van der Waals surface area contributed by atoms with E-state index < -0.39 is 11.8 Å². The van der Waals surface area contributed by atoms with Crippen molar-refractivity contribution in [2.75, 3.05) is 6.79 Å². The lowest BCUT2D eigenvalue weighted by Gasteiger charge is -2.13. The molecule has 1 aliphatic rings.